The van der Waals surface area contributed by atoms with Gasteiger partial charge in [0.05, 0.1) is 6.04 Å². The molecule has 96 valence electrons. The number of thiazole rings is 1. The number of nitrogens with zero attached hydrogens (tertiary/aromatic N) is 2. The molecule has 0 spiro atoms. The summed E-state index contributed by atoms with van der Waals surface area (Å²) in [6.07, 6.45) is -0.191. The summed E-state index contributed by atoms with van der Waals surface area (Å²) in [6.45, 7) is 0. The highest BCUT2D eigenvalue weighted by atomic mass is 79.9. The maximum atomic E-state index is 12.4. The Labute approximate surface area is 113 Å². The highest BCUT2D eigenvalue weighted by Crippen LogP contribution is 2.35. The summed E-state index contributed by atoms with van der Waals surface area (Å²) in [6, 6.07) is 1.05. The smallest absolute Gasteiger partial charge is 0.320 e. The van der Waals surface area contributed by atoms with Crippen molar-refractivity contribution in [2.45, 2.75) is 12.2 Å². The fourth-order valence-electron chi connectivity index (χ4n) is 1.32. The summed E-state index contributed by atoms with van der Waals surface area (Å²) >= 11 is 3.77. The van der Waals surface area contributed by atoms with Crippen molar-refractivity contribution in [3.63, 3.8) is 0 Å². The first-order valence-electron chi connectivity index (χ1n) is 4.77. The minimum absolute atomic E-state index is 0.349. The number of halogens is 4. The molecule has 0 aliphatic carbocycles. The number of aromatic nitrogens is 2. The Morgan fingerprint density at radius 1 is 1.28 bits per heavy atom. The van der Waals surface area contributed by atoms with Crippen LogP contribution in [0.2, 0.25) is 0 Å². The molecule has 18 heavy (non-hydrogen) atoms. The van der Waals surface area contributed by atoms with Gasteiger partial charge in [-0.2, -0.15) is 13.2 Å². The molecule has 1 atom stereocenters. The van der Waals surface area contributed by atoms with Crippen LogP contribution in [0.25, 0.3) is 0 Å². The van der Waals surface area contributed by atoms with E-state index >= 15 is 0 Å². The topological polar surface area (TPSA) is 51.8 Å². The maximum Gasteiger partial charge on any atom is 0.443 e. The molecule has 2 rings (SSSR count). The van der Waals surface area contributed by atoms with Crippen LogP contribution in [0.1, 0.15) is 21.5 Å². The van der Waals surface area contributed by atoms with E-state index in [2.05, 4.69) is 25.9 Å². The van der Waals surface area contributed by atoms with E-state index in [0.717, 1.165) is 10.7 Å². The Bertz CT molecular complexity index is 555. The van der Waals surface area contributed by atoms with E-state index in [1.54, 1.807) is 12.3 Å². The van der Waals surface area contributed by atoms with E-state index in [1.165, 1.54) is 6.20 Å². The van der Waals surface area contributed by atoms with E-state index in [-0.39, 0.29) is 0 Å². The Hall–Kier alpha value is -0.990. The molecule has 0 fully saturated rings. The van der Waals surface area contributed by atoms with Crippen molar-refractivity contribution in [3.8, 4) is 0 Å². The van der Waals surface area contributed by atoms with Crippen molar-refractivity contribution >= 4 is 27.3 Å². The molecular weight excluding hydrogens is 331 g/mol. The van der Waals surface area contributed by atoms with Crippen LogP contribution >= 0.6 is 27.3 Å². The standard InChI is InChI=1S/C10H7BrF3N3S/c11-6-1-5(2-16-3-6)8(15)7-4-17-9(18-7)10(12,13)14/h1-4,8H,15H2. The molecule has 2 aromatic rings. The van der Waals surface area contributed by atoms with Crippen molar-refractivity contribution < 1.29 is 13.2 Å². The molecule has 0 aromatic carbocycles. The Morgan fingerprint density at radius 3 is 2.56 bits per heavy atom. The molecule has 0 saturated carbocycles. The van der Waals surface area contributed by atoms with Crippen LogP contribution in [0, 0.1) is 0 Å². The molecule has 2 heterocycles. The van der Waals surface area contributed by atoms with Gasteiger partial charge in [0.1, 0.15) is 0 Å². The minimum Gasteiger partial charge on any atom is -0.320 e. The van der Waals surface area contributed by atoms with E-state index in [4.69, 9.17) is 5.73 Å². The van der Waals surface area contributed by atoms with E-state index in [0.29, 0.717) is 21.8 Å². The van der Waals surface area contributed by atoms with Gasteiger partial charge in [0.2, 0.25) is 0 Å². The van der Waals surface area contributed by atoms with Crippen molar-refractivity contribution in [1.29, 1.82) is 0 Å². The van der Waals surface area contributed by atoms with Crippen LogP contribution in [0.5, 0.6) is 0 Å². The van der Waals surface area contributed by atoms with Gasteiger partial charge < -0.3 is 5.73 Å². The number of hydrogen-bond acceptors (Lipinski definition) is 4. The van der Waals surface area contributed by atoms with Crippen molar-refractivity contribution in [3.05, 3.63) is 44.6 Å². The number of rotatable bonds is 2. The molecule has 2 aromatic heterocycles. The average molecular weight is 338 g/mol. The predicted octanol–water partition coefficient (Wildman–Crippen LogP) is 3.37. The van der Waals surface area contributed by atoms with Gasteiger partial charge in [0.25, 0.3) is 0 Å². The summed E-state index contributed by atoms with van der Waals surface area (Å²) in [5, 5.41) is -0.893. The average Bonchev–Trinajstić information content (AvgIpc) is 2.77. The van der Waals surface area contributed by atoms with Gasteiger partial charge in [-0.15, -0.1) is 11.3 Å². The van der Waals surface area contributed by atoms with Gasteiger partial charge in [-0.3, -0.25) is 4.98 Å². The number of hydrogen-bond donors (Lipinski definition) is 1. The largest absolute Gasteiger partial charge is 0.443 e. The van der Waals surface area contributed by atoms with E-state index < -0.39 is 17.2 Å². The molecule has 3 nitrogen and oxygen atoms in total. The summed E-state index contributed by atoms with van der Waals surface area (Å²) < 4.78 is 38.0. The second kappa shape index (κ2) is 4.94. The monoisotopic (exact) mass is 337 g/mol. The van der Waals surface area contributed by atoms with Crippen LogP contribution in [-0.2, 0) is 6.18 Å². The molecule has 2 N–H and O–H groups in total. The first kappa shape index (κ1) is 13.4. The van der Waals surface area contributed by atoms with Crippen LogP contribution in [0.4, 0.5) is 13.2 Å². The molecular formula is C10H7BrF3N3S. The second-order valence-electron chi connectivity index (χ2n) is 3.48. The summed E-state index contributed by atoms with van der Waals surface area (Å²) in [4.78, 5) is 7.61. The lowest BCUT2D eigenvalue weighted by atomic mass is 10.1. The molecule has 8 heteroatoms. The SMILES string of the molecule is NC(c1cncc(Br)c1)c1cnc(C(F)(F)F)s1. The normalized spacial score (nSPS) is 13.6. The second-order valence-corrected chi connectivity index (χ2v) is 5.46. The van der Waals surface area contributed by atoms with Crippen LogP contribution < -0.4 is 5.73 Å². The predicted molar refractivity (Wildman–Crippen MR) is 65.1 cm³/mol. The van der Waals surface area contributed by atoms with Crippen molar-refractivity contribution in [2.24, 2.45) is 5.73 Å². The lowest BCUT2D eigenvalue weighted by Crippen LogP contribution is -2.10. The summed E-state index contributed by atoms with van der Waals surface area (Å²) in [7, 11) is 0. The molecule has 0 radical (unpaired) electrons. The highest BCUT2D eigenvalue weighted by molar-refractivity contribution is 9.10. The van der Waals surface area contributed by atoms with Gasteiger partial charge in [-0.1, -0.05) is 0 Å². The quantitative estimate of drug-likeness (QED) is 0.914. The fourth-order valence-corrected chi connectivity index (χ4v) is 2.52. The Kier molecular flexibility index (Phi) is 3.69. The van der Waals surface area contributed by atoms with Crippen LogP contribution in [0.3, 0.4) is 0 Å². The molecule has 0 saturated heterocycles. The lowest BCUT2D eigenvalue weighted by Gasteiger charge is -2.09. The molecule has 1 unspecified atom stereocenters. The fraction of sp³-hybridized carbons (Fsp3) is 0.200. The van der Waals surface area contributed by atoms with Crippen molar-refractivity contribution in [1.82, 2.24) is 9.97 Å². The highest BCUT2D eigenvalue weighted by Gasteiger charge is 2.35. The first-order chi connectivity index (χ1) is 8.38. The third kappa shape index (κ3) is 2.88. The zero-order chi connectivity index (χ0) is 13.3. The maximum absolute atomic E-state index is 12.4. The summed E-state index contributed by atoms with van der Waals surface area (Å²) in [5.74, 6) is 0. The third-order valence-electron chi connectivity index (χ3n) is 2.16. The van der Waals surface area contributed by atoms with Gasteiger partial charge in [-0.05, 0) is 27.6 Å². The minimum atomic E-state index is -4.43. The van der Waals surface area contributed by atoms with Gasteiger partial charge in [-0.25, -0.2) is 4.98 Å². The Morgan fingerprint density at radius 2 is 2.00 bits per heavy atom. The van der Waals surface area contributed by atoms with Crippen LogP contribution in [-0.4, -0.2) is 9.97 Å². The zero-order valence-electron chi connectivity index (χ0n) is 8.78. The van der Waals surface area contributed by atoms with E-state index in [1.807, 2.05) is 0 Å². The number of pyridine rings is 1. The third-order valence-corrected chi connectivity index (χ3v) is 3.72. The molecule has 0 aliphatic heterocycles. The first-order valence-corrected chi connectivity index (χ1v) is 6.38. The molecule has 0 aliphatic rings. The lowest BCUT2D eigenvalue weighted by molar-refractivity contribution is -0.137. The van der Waals surface area contributed by atoms with Gasteiger partial charge >= 0.3 is 6.18 Å². The summed E-state index contributed by atoms with van der Waals surface area (Å²) in [5.41, 5.74) is 6.51. The Balaban J connectivity index is 2.29. The van der Waals surface area contributed by atoms with Crippen molar-refractivity contribution in [2.75, 3.05) is 0 Å². The van der Waals surface area contributed by atoms with Gasteiger partial charge in [0, 0.05) is 27.9 Å². The number of nitrogens with two attached hydrogens (primary N) is 1. The van der Waals surface area contributed by atoms with Crippen LogP contribution in [0.15, 0.2) is 29.1 Å². The zero-order valence-corrected chi connectivity index (χ0v) is 11.2. The number of alkyl halides is 3. The molecule has 0 bridgehead atoms. The van der Waals surface area contributed by atoms with E-state index in [9.17, 15) is 13.2 Å². The molecule has 0 amide bonds. The van der Waals surface area contributed by atoms with Gasteiger partial charge in [0.15, 0.2) is 5.01 Å².